The molecule has 0 radical (unpaired) electrons. The summed E-state index contributed by atoms with van der Waals surface area (Å²) in [6.45, 7) is 4.93. The summed E-state index contributed by atoms with van der Waals surface area (Å²) in [7, 11) is 0. The molecule has 2 aliphatic heterocycles. The monoisotopic (exact) mass is 582 g/mol. The van der Waals surface area contributed by atoms with Crippen molar-refractivity contribution in [1.82, 2.24) is 24.2 Å². The van der Waals surface area contributed by atoms with Crippen molar-refractivity contribution in [3.05, 3.63) is 74.9 Å². The fraction of sp³-hybridized carbons (Fsp3) is 0.357. The zero-order valence-corrected chi connectivity index (χ0v) is 23.2. The van der Waals surface area contributed by atoms with E-state index in [2.05, 4.69) is 19.9 Å². The van der Waals surface area contributed by atoms with Crippen molar-refractivity contribution in [3.8, 4) is 11.6 Å². The maximum Gasteiger partial charge on any atom is 0.341 e. The third-order valence-corrected chi connectivity index (χ3v) is 8.21. The number of benzene rings is 1. The van der Waals surface area contributed by atoms with Crippen molar-refractivity contribution in [2.75, 3.05) is 37.7 Å². The summed E-state index contributed by atoms with van der Waals surface area (Å²) < 4.78 is 9.50. The molecule has 1 aromatic carbocycles. The Hall–Kier alpha value is -3.60. The Morgan fingerprint density at radius 2 is 1.95 bits per heavy atom. The molecule has 10 nitrogen and oxygen atoms in total. The minimum atomic E-state index is -1.30. The first-order valence-electron chi connectivity index (χ1n) is 13.3. The molecule has 0 spiro atoms. The van der Waals surface area contributed by atoms with Crippen LogP contribution in [0.1, 0.15) is 29.6 Å². The molecule has 2 saturated heterocycles. The molecule has 1 N–H and O–H groups in total. The topological polar surface area (TPSA) is 106 Å². The Labute approximate surface area is 240 Å². The van der Waals surface area contributed by atoms with E-state index < -0.39 is 11.4 Å². The third-order valence-electron chi connectivity index (χ3n) is 7.62. The molecule has 0 saturated carbocycles. The van der Waals surface area contributed by atoms with Crippen molar-refractivity contribution in [3.63, 3.8) is 0 Å². The molecule has 1 atom stereocenters. The molecule has 40 heavy (non-hydrogen) atoms. The zero-order valence-electron chi connectivity index (χ0n) is 21.7. The Kier molecular flexibility index (Phi) is 7.39. The quantitative estimate of drug-likeness (QED) is 0.310. The second kappa shape index (κ2) is 11.1. The van der Waals surface area contributed by atoms with Crippen LogP contribution in [-0.4, -0.2) is 74.1 Å². The van der Waals surface area contributed by atoms with Crippen LogP contribution in [0.4, 0.5) is 5.69 Å². The second-order valence-electron chi connectivity index (χ2n) is 10.1. The zero-order chi connectivity index (χ0) is 27.8. The standard InChI is InChI=1S/C28H28Cl2N6O4/c29-22-5-1-6-31-27(22)40-17-18-4-2-9-35(18)25-13-24-20(12-23(25)30)26(37)21(28(38)39)16-36(24)19-14-32-34(15-19)11-10-33-7-3-8-33/h1,5-6,12-16,18H,2-4,7-11,17H2,(H,38,39)/t18-/m1/s1. The number of halogens is 2. The number of pyridine rings is 2. The summed E-state index contributed by atoms with van der Waals surface area (Å²) >= 11 is 13.0. The number of rotatable bonds is 9. The van der Waals surface area contributed by atoms with Gasteiger partial charge in [0.25, 0.3) is 0 Å². The number of ether oxygens (including phenoxy) is 1. The van der Waals surface area contributed by atoms with E-state index in [-0.39, 0.29) is 17.0 Å². The molecule has 0 unspecified atom stereocenters. The number of carbonyl (C=O) groups is 1. The highest BCUT2D eigenvalue weighted by Gasteiger charge is 2.29. The van der Waals surface area contributed by atoms with Crippen LogP contribution < -0.4 is 15.1 Å². The molecule has 0 bridgehead atoms. The fourth-order valence-corrected chi connectivity index (χ4v) is 5.80. The van der Waals surface area contributed by atoms with Gasteiger partial charge in [-0.25, -0.2) is 9.78 Å². The van der Waals surface area contributed by atoms with E-state index in [0.717, 1.165) is 51.3 Å². The highest BCUT2D eigenvalue weighted by Crippen LogP contribution is 2.36. The minimum Gasteiger partial charge on any atom is -0.477 e. The van der Waals surface area contributed by atoms with Crippen LogP contribution in [0.25, 0.3) is 16.6 Å². The van der Waals surface area contributed by atoms with E-state index in [1.165, 1.54) is 12.6 Å². The summed E-state index contributed by atoms with van der Waals surface area (Å²) in [6, 6.07) is 6.91. The van der Waals surface area contributed by atoms with Gasteiger partial charge in [0.1, 0.15) is 17.2 Å². The van der Waals surface area contributed by atoms with E-state index >= 15 is 0 Å². The van der Waals surface area contributed by atoms with Crippen molar-refractivity contribution in [1.29, 1.82) is 0 Å². The number of fused-ring (bicyclic) bond motifs is 1. The maximum atomic E-state index is 13.2. The Morgan fingerprint density at radius 3 is 2.70 bits per heavy atom. The highest BCUT2D eigenvalue weighted by molar-refractivity contribution is 6.34. The largest absolute Gasteiger partial charge is 0.477 e. The number of hydrogen-bond acceptors (Lipinski definition) is 7. The van der Waals surface area contributed by atoms with E-state index in [1.54, 1.807) is 35.2 Å². The van der Waals surface area contributed by atoms with Gasteiger partial charge in [-0.1, -0.05) is 23.2 Å². The van der Waals surface area contributed by atoms with Gasteiger partial charge in [0.15, 0.2) is 0 Å². The van der Waals surface area contributed by atoms with Crippen molar-refractivity contribution < 1.29 is 14.6 Å². The van der Waals surface area contributed by atoms with Crippen molar-refractivity contribution in [2.24, 2.45) is 0 Å². The Morgan fingerprint density at radius 1 is 1.10 bits per heavy atom. The highest BCUT2D eigenvalue weighted by atomic mass is 35.5. The number of nitrogens with zero attached hydrogens (tertiary/aromatic N) is 6. The summed E-state index contributed by atoms with van der Waals surface area (Å²) in [6.07, 6.45) is 9.59. The number of aromatic nitrogens is 4. The van der Waals surface area contributed by atoms with Gasteiger partial charge in [0.2, 0.25) is 11.3 Å². The molecule has 0 aliphatic carbocycles. The number of carboxylic acids is 1. The normalized spacial score (nSPS) is 17.4. The van der Waals surface area contributed by atoms with Gasteiger partial charge >= 0.3 is 5.97 Å². The van der Waals surface area contributed by atoms with Crippen LogP contribution in [0.15, 0.2) is 53.8 Å². The van der Waals surface area contributed by atoms with E-state index in [4.69, 9.17) is 27.9 Å². The summed E-state index contributed by atoms with van der Waals surface area (Å²) in [5.41, 5.74) is 1.05. The van der Waals surface area contributed by atoms with Gasteiger partial charge in [0, 0.05) is 37.1 Å². The maximum absolute atomic E-state index is 13.2. The van der Waals surface area contributed by atoms with Crippen LogP contribution in [0.5, 0.6) is 5.88 Å². The lowest BCUT2D eigenvalue weighted by Crippen LogP contribution is -2.39. The lowest BCUT2D eigenvalue weighted by Gasteiger charge is -2.30. The van der Waals surface area contributed by atoms with E-state index in [9.17, 15) is 14.7 Å². The molecule has 4 aromatic rings. The number of carboxylic acid groups (broad SMARTS) is 1. The first kappa shape index (κ1) is 26.6. The van der Waals surface area contributed by atoms with Crippen LogP contribution in [-0.2, 0) is 6.54 Å². The third kappa shape index (κ3) is 5.14. The fourth-order valence-electron chi connectivity index (χ4n) is 5.35. The first-order valence-corrected chi connectivity index (χ1v) is 14.0. The van der Waals surface area contributed by atoms with Crippen molar-refractivity contribution in [2.45, 2.75) is 31.8 Å². The van der Waals surface area contributed by atoms with Crippen LogP contribution >= 0.6 is 23.2 Å². The van der Waals surface area contributed by atoms with Gasteiger partial charge in [-0.2, -0.15) is 5.10 Å². The van der Waals surface area contributed by atoms with Gasteiger partial charge in [0.05, 0.1) is 40.7 Å². The number of likely N-dealkylation sites (tertiary alicyclic amines) is 1. The van der Waals surface area contributed by atoms with E-state index in [1.807, 2.05) is 16.9 Å². The molecule has 3 aromatic heterocycles. The molecular formula is C28H28Cl2N6O4. The summed E-state index contributed by atoms with van der Waals surface area (Å²) in [4.78, 5) is 33.9. The molecule has 0 amide bonds. The summed E-state index contributed by atoms with van der Waals surface area (Å²) in [5, 5.41) is 15.3. The van der Waals surface area contributed by atoms with Gasteiger partial charge < -0.3 is 24.2 Å². The minimum absolute atomic E-state index is 0.00995. The molecule has 208 valence electrons. The Balaban J connectivity index is 1.36. The molecule has 2 aliphatic rings. The van der Waals surface area contributed by atoms with Crippen LogP contribution in [0.2, 0.25) is 10.0 Å². The molecule has 2 fully saturated rings. The lowest BCUT2D eigenvalue weighted by molar-refractivity contribution is 0.0695. The average molecular weight is 583 g/mol. The molecule has 12 heteroatoms. The Bertz CT molecular complexity index is 1630. The SMILES string of the molecule is O=C(O)c1cn(-c2cnn(CCN3CCC3)c2)c2cc(N3CCC[C@@H]3COc3ncccc3Cl)c(Cl)cc2c1=O. The number of hydrogen-bond donors (Lipinski definition) is 1. The van der Waals surface area contributed by atoms with Gasteiger partial charge in [-0.15, -0.1) is 0 Å². The van der Waals surface area contributed by atoms with Gasteiger partial charge in [-0.3, -0.25) is 9.48 Å². The van der Waals surface area contributed by atoms with Crippen LogP contribution in [0, 0.1) is 0 Å². The molecular weight excluding hydrogens is 555 g/mol. The predicted octanol–water partition coefficient (Wildman–Crippen LogP) is 4.34. The summed E-state index contributed by atoms with van der Waals surface area (Å²) in [5.74, 6) is -0.919. The molecule has 5 heterocycles. The second-order valence-corrected chi connectivity index (χ2v) is 10.9. The average Bonchev–Trinajstić information content (AvgIpc) is 3.57. The first-order chi connectivity index (χ1) is 19.4. The smallest absolute Gasteiger partial charge is 0.341 e. The number of anilines is 1. The van der Waals surface area contributed by atoms with E-state index in [0.29, 0.717) is 33.7 Å². The number of aromatic carboxylic acids is 1. The predicted molar refractivity (Wildman–Crippen MR) is 153 cm³/mol. The molecule has 6 rings (SSSR count). The lowest BCUT2D eigenvalue weighted by atomic mass is 10.1. The van der Waals surface area contributed by atoms with Crippen molar-refractivity contribution >= 4 is 45.8 Å². The van der Waals surface area contributed by atoms with Crippen LogP contribution in [0.3, 0.4) is 0 Å². The van der Waals surface area contributed by atoms with Gasteiger partial charge in [-0.05, 0) is 56.6 Å².